The Labute approximate surface area is 477 Å². The van der Waals surface area contributed by atoms with Gasteiger partial charge in [-0.15, -0.1) is 10.2 Å². The van der Waals surface area contributed by atoms with E-state index in [-0.39, 0.29) is 10.6 Å². The summed E-state index contributed by atoms with van der Waals surface area (Å²) < 4.78 is 20.1. The van der Waals surface area contributed by atoms with Crippen molar-refractivity contribution in [3.05, 3.63) is 46.5 Å². The van der Waals surface area contributed by atoms with Crippen LogP contribution in [0.3, 0.4) is 0 Å². The highest BCUT2D eigenvalue weighted by Crippen LogP contribution is 2.44. The van der Waals surface area contributed by atoms with Crippen LogP contribution in [0, 0.1) is 10.1 Å². The summed E-state index contributed by atoms with van der Waals surface area (Å²) in [5, 5.41) is 22.0. The predicted octanol–water partition coefficient (Wildman–Crippen LogP) is 23.7. The summed E-state index contributed by atoms with van der Waals surface area (Å²) in [6.45, 7) is 8.77. The van der Waals surface area contributed by atoms with Crippen LogP contribution in [0.5, 0.6) is 17.2 Å². The first-order valence-electron chi connectivity index (χ1n) is 33.2. The Kier molecular flexibility index (Phi) is 44.0. The van der Waals surface area contributed by atoms with E-state index in [2.05, 4.69) is 43.1 Å². The van der Waals surface area contributed by atoms with Gasteiger partial charge in [0.1, 0.15) is 10.0 Å². The van der Waals surface area contributed by atoms with Crippen LogP contribution in [-0.4, -0.2) is 34.9 Å². The van der Waals surface area contributed by atoms with E-state index in [1.807, 2.05) is 0 Å². The molecule has 0 aliphatic carbocycles. The number of nitrogens with zero attached hydrogens (tertiary/aromatic N) is 3. The van der Waals surface area contributed by atoms with Crippen molar-refractivity contribution in [1.29, 1.82) is 0 Å². The molecule has 0 spiro atoms. The van der Waals surface area contributed by atoms with Crippen molar-refractivity contribution in [3.63, 3.8) is 0 Å². The van der Waals surface area contributed by atoms with E-state index in [0.29, 0.717) is 42.1 Å². The van der Waals surface area contributed by atoms with Crippen molar-refractivity contribution in [1.82, 2.24) is 10.2 Å². The van der Waals surface area contributed by atoms with Crippen molar-refractivity contribution in [2.75, 3.05) is 19.8 Å². The second-order valence-electron chi connectivity index (χ2n) is 23.0. The van der Waals surface area contributed by atoms with Gasteiger partial charge in [0.25, 0.3) is 5.69 Å². The molecule has 9 heteroatoms. The first kappa shape index (κ1) is 68.1. The zero-order chi connectivity index (χ0) is 54.7. The smallest absolute Gasteiger partial charge is 0.269 e. The van der Waals surface area contributed by atoms with Gasteiger partial charge >= 0.3 is 0 Å². The van der Waals surface area contributed by atoms with Crippen molar-refractivity contribution in [2.45, 2.75) is 329 Å². The second-order valence-corrected chi connectivity index (χ2v) is 24.0. The quantitative estimate of drug-likeness (QED) is 0.0316. The Morgan fingerprint density at radius 3 is 0.870 bits per heavy atom. The molecule has 0 unspecified atom stereocenters. The monoisotopic (exact) mass is 1090 g/mol. The van der Waals surface area contributed by atoms with Crippen LogP contribution in [0.4, 0.5) is 5.69 Å². The van der Waals surface area contributed by atoms with Crippen LogP contribution in [0.25, 0.3) is 21.1 Å². The molecule has 1 heterocycles. The number of unbranched alkanes of at least 4 members (excludes halogenated alkanes) is 45. The Morgan fingerprint density at radius 1 is 0.351 bits per heavy atom. The summed E-state index contributed by atoms with van der Waals surface area (Å²) >= 11 is 1.47. The molecule has 8 nitrogen and oxygen atoms in total. The highest BCUT2D eigenvalue weighted by Gasteiger charge is 2.20. The van der Waals surface area contributed by atoms with Gasteiger partial charge in [0.15, 0.2) is 11.5 Å². The Balaban J connectivity index is 1.55. The molecule has 3 rings (SSSR count). The molecular weight excluding hydrogens is 971 g/mol. The number of ether oxygens (including phenoxy) is 3. The zero-order valence-electron chi connectivity index (χ0n) is 50.3. The summed E-state index contributed by atoms with van der Waals surface area (Å²) in [6.07, 6.45) is 64.3. The van der Waals surface area contributed by atoms with Gasteiger partial charge in [0, 0.05) is 23.3 Å². The highest BCUT2D eigenvalue weighted by molar-refractivity contribution is 7.17. The first-order valence-corrected chi connectivity index (χ1v) is 34.0. The fraction of sp³-hybridized carbons (Fsp3) is 0.794. The summed E-state index contributed by atoms with van der Waals surface area (Å²) in [6, 6.07) is 10.7. The molecule has 77 heavy (non-hydrogen) atoms. The number of nitro groups is 1. The fourth-order valence-electron chi connectivity index (χ4n) is 10.7. The van der Waals surface area contributed by atoms with Crippen LogP contribution >= 0.6 is 11.3 Å². The van der Waals surface area contributed by atoms with Crippen LogP contribution in [0.2, 0.25) is 0 Å². The van der Waals surface area contributed by atoms with Crippen molar-refractivity contribution in [2.24, 2.45) is 0 Å². The molecule has 0 aliphatic heterocycles. The largest absolute Gasteiger partial charge is 0.490 e. The summed E-state index contributed by atoms with van der Waals surface area (Å²) in [5.74, 6) is 2.14. The van der Waals surface area contributed by atoms with Crippen molar-refractivity contribution >= 4 is 17.0 Å². The highest BCUT2D eigenvalue weighted by atomic mass is 32.1. The van der Waals surface area contributed by atoms with Gasteiger partial charge in [-0.2, -0.15) is 0 Å². The lowest BCUT2D eigenvalue weighted by Gasteiger charge is -2.18. The molecule has 0 radical (unpaired) electrons. The van der Waals surface area contributed by atoms with E-state index >= 15 is 0 Å². The van der Waals surface area contributed by atoms with Crippen LogP contribution in [0.15, 0.2) is 36.4 Å². The van der Waals surface area contributed by atoms with Gasteiger partial charge in [-0.3, -0.25) is 10.1 Å². The van der Waals surface area contributed by atoms with E-state index in [1.54, 1.807) is 12.1 Å². The summed E-state index contributed by atoms with van der Waals surface area (Å²) in [5.41, 5.74) is 1.75. The molecule has 440 valence electrons. The van der Waals surface area contributed by atoms with E-state index in [4.69, 9.17) is 14.2 Å². The molecule has 0 amide bonds. The van der Waals surface area contributed by atoms with Crippen molar-refractivity contribution < 1.29 is 19.1 Å². The molecule has 0 aliphatic rings. The Bertz CT molecular complexity index is 1720. The molecular formula is C68H117N3O5S. The van der Waals surface area contributed by atoms with Crippen LogP contribution in [-0.2, 0) is 0 Å². The average Bonchev–Trinajstić information content (AvgIpc) is 3.95. The molecule has 0 bridgehead atoms. The average molecular weight is 1090 g/mol. The third kappa shape index (κ3) is 35.9. The third-order valence-electron chi connectivity index (χ3n) is 15.8. The van der Waals surface area contributed by atoms with Crippen molar-refractivity contribution in [3.8, 4) is 38.4 Å². The normalized spacial score (nSPS) is 11.5. The van der Waals surface area contributed by atoms with Crippen LogP contribution in [0.1, 0.15) is 329 Å². The Hall–Kier alpha value is -3.20. The van der Waals surface area contributed by atoms with Gasteiger partial charge < -0.3 is 14.2 Å². The number of hydrogen-bond donors (Lipinski definition) is 0. The van der Waals surface area contributed by atoms with Gasteiger partial charge in [0.05, 0.1) is 24.7 Å². The SMILES string of the molecule is CCCCCCCCCCCCCCCCCCOc1cc(-c2nnc(-c3ccc([N+](=O)[O-])cc3)s2)cc(OCCCCCCCCCCCCCCCCCC)c1OCCCCCCCCCCCCCCCCCC. The number of hydrogen-bond acceptors (Lipinski definition) is 8. The summed E-state index contributed by atoms with van der Waals surface area (Å²) in [4.78, 5) is 11.0. The number of benzene rings is 2. The standard InChI is InChI=1S/C68H117N3O5S/c1-4-7-10-13-16-19-22-25-28-31-34-37-40-43-46-49-56-74-64-59-62(68-70-69-67(77-68)61-52-54-63(55-53-61)71(72)73)60-65(75-57-50-47-44-41-38-35-32-29-26-23-20-17-14-11-8-5-2)66(64)76-58-51-48-45-42-39-36-33-30-27-24-21-18-15-12-9-6-3/h52-55,59-60H,4-51,56-58H2,1-3H3. The van der Waals surface area contributed by atoms with Crippen LogP contribution < -0.4 is 14.2 Å². The predicted molar refractivity (Wildman–Crippen MR) is 333 cm³/mol. The zero-order valence-corrected chi connectivity index (χ0v) is 51.1. The molecule has 2 aromatic carbocycles. The number of nitro benzene ring substituents is 1. The molecule has 1 aromatic heterocycles. The molecule has 0 fully saturated rings. The van der Waals surface area contributed by atoms with Gasteiger partial charge in [-0.25, -0.2) is 0 Å². The minimum Gasteiger partial charge on any atom is -0.490 e. The molecule has 3 aromatic rings. The molecule has 0 saturated heterocycles. The maximum Gasteiger partial charge on any atom is 0.269 e. The van der Waals surface area contributed by atoms with E-state index in [9.17, 15) is 10.1 Å². The van der Waals surface area contributed by atoms with E-state index in [0.717, 1.165) is 54.7 Å². The Morgan fingerprint density at radius 2 is 0.597 bits per heavy atom. The molecule has 0 saturated carbocycles. The summed E-state index contributed by atoms with van der Waals surface area (Å²) in [7, 11) is 0. The number of aromatic nitrogens is 2. The van der Waals surface area contributed by atoms with E-state index < -0.39 is 0 Å². The maximum absolute atomic E-state index is 11.4. The maximum atomic E-state index is 11.4. The lowest BCUT2D eigenvalue weighted by Crippen LogP contribution is -2.06. The fourth-order valence-corrected chi connectivity index (χ4v) is 11.6. The minimum absolute atomic E-state index is 0.0611. The van der Waals surface area contributed by atoms with Gasteiger partial charge in [-0.1, -0.05) is 321 Å². The van der Waals surface area contributed by atoms with Gasteiger partial charge in [-0.05, 0) is 43.5 Å². The minimum atomic E-state index is -0.373. The topological polar surface area (TPSA) is 96.6 Å². The third-order valence-corrected chi connectivity index (χ3v) is 16.8. The number of non-ortho nitro benzene ring substituents is 1. The lowest BCUT2D eigenvalue weighted by molar-refractivity contribution is -0.384. The molecule has 0 atom stereocenters. The second kappa shape index (κ2) is 49.8. The van der Waals surface area contributed by atoms with Gasteiger partial charge in [0.2, 0.25) is 5.75 Å². The lowest BCUT2D eigenvalue weighted by atomic mass is 10.0. The number of rotatable bonds is 57. The first-order chi connectivity index (χ1) is 38.1. The molecule has 0 N–H and O–H groups in total. The van der Waals surface area contributed by atoms with E-state index in [1.165, 1.54) is 293 Å².